The molecule has 0 heterocycles. The lowest BCUT2D eigenvalue weighted by molar-refractivity contribution is -0.0445. The Morgan fingerprint density at radius 2 is 2.15 bits per heavy atom. The molecule has 1 saturated carbocycles. The van der Waals surface area contributed by atoms with Gasteiger partial charge in [-0.2, -0.15) is 5.26 Å². The Hall–Kier alpha value is -0.550. The second-order valence-electron chi connectivity index (χ2n) is 4.68. The quantitative estimate of drug-likeness (QED) is 0.724. The first-order valence-electron chi connectivity index (χ1n) is 5.10. The van der Waals surface area contributed by atoms with E-state index in [2.05, 4.69) is 19.9 Å². The van der Waals surface area contributed by atoms with Crippen LogP contribution in [0.4, 0.5) is 0 Å². The number of nitrogens with zero attached hydrogens (tertiary/aromatic N) is 1. The summed E-state index contributed by atoms with van der Waals surface area (Å²) in [7, 11) is 0. The Morgan fingerprint density at radius 1 is 1.62 bits per heavy atom. The van der Waals surface area contributed by atoms with Gasteiger partial charge < -0.3 is 5.11 Å². The maximum absolute atomic E-state index is 10.3. The van der Waals surface area contributed by atoms with Crippen LogP contribution in [0, 0.1) is 22.7 Å². The van der Waals surface area contributed by atoms with Crippen LogP contribution in [0.5, 0.6) is 0 Å². The molecule has 0 aliphatic heterocycles. The van der Waals surface area contributed by atoms with Gasteiger partial charge >= 0.3 is 0 Å². The van der Waals surface area contributed by atoms with E-state index in [1.165, 1.54) is 0 Å². The molecule has 0 saturated heterocycles. The first-order chi connectivity index (χ1) is 5.98. The number of rotatable bonds is 4. The van der Waals surface area contributed by atoms with Crippen molar-refractivity contribution in [3.8, 4) is 6.07 Å². The molecule has 13 heavy (non-hydrogen) atoms. The van der Waals surface area contributed by atoms with E-state index in [9.17, 15) is 5.11 Å². The van der Waals surface area contributed by atoms with Gasteiger partial charge in [0.1, 0.15) is 0 Å². The molecule has 1 aliphatic carbocycles. The van der Waals surface area contributed by atoms with E-state index in [0.29, 0.717) is 0 Å². The topological polar surface area (TPSA) is 44.0 Å². The summed E-state index contributed by atoms with van der Waals surface area (Å²) in [5.74, 6) is -0.204. The molecule has 74 valence electrons. The van der Waals surface area contributed by atoms with Crippen molar-refractivity contribution < 1.29 is 5.11 Å². The Balaban J connectivity index is 2.72. The zero-order chi connectivity index (χ0) is 10.1. The van der Waals surface area contributed by atoms with Crippen LogP contribution in [-0.4, -0.2) is 10.7 Å². The molecule has 1 aliphatic rings. The van der Waals surface area contributed by atoms with Gasteiger partial charge in [-0.05, 0) is 31.6 Å². The Bertz CT molecular complexity index is 223. The van der Waals surface area contributed by atoms with Crippen molar-refractivity contribution in [3.63, 3.8) is 0 Å². The number of aliphatic hydroxyl groups is 1. The highest BCUT2D eigenvalue weighted by molar-refractivity contribution is 5.10. The molecule has 0 aromatic rings. The highest BCUT2D eigenvalue weighted by Gasteiger charge is 2.55. The second-order valence-corrected chi connectivity index (χ2v) is 4.68. The molecule has 2 atom stereocenters. The first-order valence-corrected chi connectivity index (χ1v) is 5.10. The van der Waals surface area contributed by atoms with E-state index in [0.717, 1.165) is 25.7 Å². The van der Waals surface area contributed by atoms with Crippen LogP contribution in [-0.2, 0) is 0 Å². The molecular weight excluding hydrogens is 162 g/mol. The fraction of sp³-hybridized carbons (Fsp3) is 0.909. The molecule has 0 radical (unpaired) electrons. The zero-order valence-corrected chi connectivity index (χ0v) is 8.80. The van der Waals surface area contributed by atoms with Crippen LogP contribution in [0.1, 0.15) is 46.5 Å². The Labute approximate surface area is 80.6 Å². The van der Waals surface area contributed by atoms with Gasteiger partial charge in [0.25, 0.3) is 0 Å². The smallest absolute Gasteiger partial charge is 0.0830 e. The summed E-state index contributed by atoms with van der Waals surface area (Å²) in [4.78, 5) is 0. The number of hydrogen-bond acceptors (Lipinski definition) is 2. The molecule has 2 nitrogen and oxygen atoms in total. The van der Waals surface area contributed by atoms with Crippen molar-refractivity contribution in [2.24, 2.45) is 11.3 Å². The third kappa shape index (κ3) is 1.71. The van der Waals surface area contributed by atoms with E-state index in [4.69, 9.17) is 5.26 Å². The van der Waals surface area contributed by atoms with Gasteiger partial charge in [0.2, 0.25) is 0 Å². The summed E-state index contributed by atoms with van der Waals surface area (Å²) < 4.78 is 0. The van der Waals surface area contributed by atoms with Crippen LogP contribution in [0.2, 0.25) is 0 Å². The summed E-state index contributed by atoms with van der Waals surface area (Å²) in [6.45, 7) is 5.95. The van der Waals surface area contributed by atoms with Gasteiger partial charge in [-0.3, -0.25) is 0 Å². The second kappa shape index (κ2) is 3.31. The Morgan fingerprint density at radius 3 is 2.46 bits per heavy atom. The third-order valence-electron chi connectivity index (χ3n) is 3.63. The summed E-state index contributed by atoms with van der Waals surface area (Å²) in [6, 6.07) is 2.24. The maximum atomic E-state index is 10.3. The van der Waals surface area contributed by atoms with Gasteiger partial charge in [-0.1, -0.05) is 20.3 Å². The van der Waals surface area contributed by atoms with Crippen molar-refractivity contribution in [3.05, 3.63) is 0 Å². The highest BCUT2D eigenvalue weighted by Crippen LogP contribution is 2.56. The molecule has 0 bridgehead atoms. The van der Waals surface area contributed by atoms with Crippen molar-refractivity contribution in [2.45, 2.75) is 52.1 Å². The summed E-state index contributed by atoms with van der Waals surface area (Å²) >= 11 is 0. The molecule has 1 fully saturated rings. The van der Waals surface area contributed by atoms with Crippen LogP contribution >= 0.6 is 0 Å². The lowest BCUT2D eigenvalue weighted by Crippen LogP contribution is -2.41. The average molecular weight is 181 g/mol. The molecule has 0 amide bonds. The first kappa shape index (κ1) is 10.5. The number of nitriles is 1. The number of hydrogen-bond donors (Lipinski definition) is 1. The van der Waals surface area contributed by atoms with Crippen LogP contribution < -0.4 is 0 Å². The molecule has 0 spiro atoms. The van der Waals surface area contributed by atoms with Gasteiger partial charge in [-0.15, -0.1) is 0 Å². The third-order valence-corrected chi connectivity index (χ3v) is 3.63. The van der Waals surface area contributed by atoms with E-state index in [1.807, 2.05) is 6.92 Å². The standard InChI is InChI=1S/C11H19NO/c1-4-5-9(8-12)11(3,13)10(2)6-7-10/h9,13H,4-7H2,1-3H3. The zero-order valence-electron chi connectivity index (χ0n) is 8.80. The lowest BCUT2D eigenvalue weighted by Gasteiger charge is -2.34. The lowest BCUT2D eigenvalue weighted by atomic mass is 9.75. The van der Waals surface area contributed by atoms with Crippen LogP contribution in [0.25, 0.3) is 0 Å². The largest absolute Gasteiger partial charge is 0.388 e. The molecule has 1 N–H and O–H groups in total. The van der Waals surface area contributed by atoms with E-state index < -0.39 is 5.60 Å². The molecule has 1 rings (SSSR count). The predicted molar refractivity (Wildman–Crippen MR) is 52.0 cm³/mol. The molecule has 2 unspecified atom stereocenters. The van der Waals surface area contributed by atoms with E-state index in [-0.39, 0.29) is 11.3 Å². The molecule has 2 heteroatoms. The summed E-state index contributed by atoms with van der Waals surface area (Å²) in [5, 5.41) is 19.3. The normalized spacial score (nSPS) is 25.8. The SMILES string of the molecule is CCCC(C#N)C(C)(O)C1(C)CC1. The maximum Gasteiger partial charge on any atom is 0.0830 e. The van der Waals surface area contributed by atoms with Gasteiger partial charge in [0.15, 0.2) is 0 Å². The van der Waals surface area contributed by atoms with Crippen LogP contribution in [0.3, 0.4) is 0 Å². The molecular formula is C11H19NO. The van der Waals surface area contributed by atoms with Crippen LogP contribution in [0.15, 0.2) is 0 Å². The highest BCUT2D eigenvalue weighted by atomic mass is 16.3. The minimum atomic E-state index is -0.794. The molecule has 0 aromatic carbocycles. The average Bonchev–Trinajstić information content (AvgIpc) is 2.80. The van der Waals surface area contributed by atoms with Gasteiger partial charge in [0, 0.05) is 0 Å². The summed E-state index contributed by atoms with van der Waals surface area (Å²) in [5.41, 5.74) is -0.791. The van der Waals surface area contributed by atoms with Gasteiger partial charge in [-0.25, -0.2) is 0 Å². The minimum absolute atomic E-state index is 0.00255. The molecule has 0 aromatic heterocycles. The van der Waals surface area contributed by atoms with Crippen molar-refractivity contribution in [2.75, 3.05) is 0 Å². The fourth-order valence-corrected chi connectivity index (χ4v) is 1.87. The van der Waals surface area contributed by atoms with Gasteiger partial charge in [0.05, 0.1) is 17.6 Å². The van der Waals surface area contributed by atoms with Crippen molar-refractivity contribution in [1.82, 2.24) is 0 Å². The van der Waals surface area contributed by atoms with E-state index >= 15 is 0 Å². The Kier molecular flexibility index (Phi) is 2.68. The summed E-state index contributed by atoms with van der Waals surface area (Å²) in [6.07, 6.45) is 3.88. The van der Waals surface area contributed by atoms with Crippen molar-refractivity contribution >= 4 is 0 Å². The monoisotopic (exact) mass is 181 g/mol. The van der Waals surface area contributed by atoms with Crippen molar-refractivity contribution in [1.29, 1.82) is 5.26 Å². The predicted octanol–water partition coefficient (Wildman–Crippen LogP) is 2.48. The van der Waals surface area contributed by atoms with E-state index in [1.54, 1.807) is 0 Å². The fourth-order valence-electron chi connectivity index (χ4n) is 1.87. The minimum Gasteiger partial charge on any atom is -0.388 e.